The van der Waals surface area contributed by atoms with Crippen LogP contribution in [0.1, 0.15) is 51.0 Å². The molecular formula is C28H40N4O7. The minimum Gasteiger partial charge on any atom is -0.456 e. The van der Waals surface area contributed by atoms with Crippen LogP contribution in [0, 0.1) is 11.8 Å². The first-order valence-electron chi connectivity index (χ1n) is 13.7. The zero-order valence-corrected chi connectivity index (χ0v) is 22.6. The third-order valence-electron chi connectivity index (χ3n) is 7.06. The second kappa shape index (κ2) is 15.8. The average Bonchev–Trinajstić information content (AvgIpc) is 2.96. The van der Waals surface area contributed by atoms with E-state index in [-0.39, 0.29) is 30.7 Å². The fourth-order valence-corrected chi connectivity index (χ4v) is 4.79. The van der Waals surface area contributed by atoms with E-state index in [1.165, 1.54) is 6.92 Å². The zero-order valence-electron chi connectivity index (χ0n) is 22.6. The average molecular weight is 545 g/mol. The fraction of sp³-hybridized carbons (Fsp3) is 0.607. The van der Waals surface area contributed by atoms with Gasteiger partial charge in [0, 0.05) is 26.1 Å². The van der Waals surface area contributed by atoms with Gasteiger partial charge in [-0.25, -0.2) is 9.59 Å². The number of carbonyl (C=O) groups excluding carboxylic acids is 5. The second-order valence-electron chi connectivity index (χ2n) is 10.2. The van der Waals surface area contributed by atoms with E-state index in [4.69, 9.17) is 9.47 Å². The van der Waals surface area contributed by atoms with Crippen LogP contribution < -0.4 is 16.0 Å². The summed E-state index contributed by atoms with van der Waals surface area (Å²) in [5.74, 6) is -1.31. The lowest BCUT2D eigenvalue weighted by molar-refractivity contribution is -0.149. The Balaban J connectivity index is 1.49. The van der Waals surface area contributed by atoms with Crippen molar-refractivity contribution >= 4 is 29.7 Å². The Hall–Kier alpha value is -3.47. The highest BCUT2D eigenvalue weighted by Gasteiger charge is 2.30. The molecule has 0 spiro atoms. The maximum atomic E-state index is 13.0. The van der Waals surface area contributed by atoms with Gasteiger partial charge in [-0.1, -0.05) is 30.3 Å². The van der Waals surface area contributed by atoms with Crippen LogP contribution in [-0.4, -0.2) is 79.9 Å². The first-order valence-corrected chi connectivity index (χ1v) is 13.7. The third-order valence-corrected chi connectivity index (χ3v) is 7.06. The van der Waals surface area contributed by atoms with Gasteiger partial charge in [0.1, 0.15) is 19.3 Å². The standard InChI is InChI=1S/C28H40N4O7/c1-20(33)18-38-27(36)24(31-28(37)39-19-22-6-3-2-4-7-22)16-30-26(35)23-8-5-15-32(17-23)25(34)10-9-21-11-13-29-14-12-21/h2-4,6-7,21,23-24,29H,5,8-19H2,1H3,(H,30,35)(H,31,37)/t23-,24-/m1/s1. The number of ether oxygens (including phenoxy) is 2. The Kier molecular flexibility index (Phi) is 12.2. The van der Waals surface area contributed by atoms with Crippen LogP contribution in [0.4, 0.5) is 4.79 Å². The van der Waals surface area contributed by atoms with Gasteiger partial charge in [-0.2, -0.15) is 0 Å². The number of hydrogen-bond donors (Lipinski definition) is 3. The number of piperidine rings is 2. The topological polar surface area (TPSA) is 143 Å². The zero-order chi connectivity index (χ0) is 28.0. The number of nitrogens with zero attached hydrogens (tertiary/aromatic N) is 1. The summed E-state index contributed by atoms with van der Waals surface area (Å²) < 4.78 is 10.1. The van der Waals surface area contributed by atoms with E-state index in [0.717, 1.165) is 37.9 Å². The minimum atomic E-state index is -1.25. The number of alkyl carbamates (subject to hydrolysis) is 1. The molecule has 11 heteroatoms. The molecule has 2 atom stereocenters. The normalized spacial score (nSPS) is 18.5. The molecule has 3 amide bonds. The Morgan fingerprint density at radius 1 is 1.05 bits per heavy atom. The molecule has 0 saturated carbocycles. The van der Waals surface area contributed by atoms with Crippen molar-refractivity contribution in [1.29, 1.82) is 0 Å². The molecule has 11 nitrogen and oxygen atoms in total. The molecule has 3 N–H and O–H groups in total. The van der Waals surface area contributed by atoms with Gasteiger partial charge in [0.15, 0.2) is 5.78 Å². The van der Waals surface area contributed by atoms with E-state index in [9.17, 15) is 24.0 Å². The molecule has 0 unspecified atom stereocenters. The molecule has 2 saturated heterocycles. The molecule has 2 heterocycles. The number of rotatable bonds is 12. The molecule has 0 bridgehead atoms. The van der Waals surface area contributed by atoms with Crippen molar-refractivity contribution in [2.75, 3.05) is 39.3 Å². The number of Topliss-reactive ketones (excluding diaryl/α,β-unsaturated/α-hetero) is 1. The molecule has 0 aromatic heterocycles. The van der Waals surface area contributed by atoms with Crippen LogP contribution in [-0.2, 0) is 35.3 Å². The molecule has 0 aliphatic carbocycles. The summed E-state index contributed by atoms with van der Waals surface area (Å²) in [6.07, 6.45) is 3.99. The van der Waals surface area contributed by atoms with E-state index in [2.05, 4.69) is 16.0 Å². The fourth-order valence-electron chi connectivity index (χ4n) is 4.79. The molecule has 2 aliphatic heterocycles. The molecule has 39 heavy (non-hydrogen) atoms. The van der Waals surface area contributed by atoms with Crippen molar-refractivity contribution in [1.82, 2.24) is 20.9 Å². The number of nitrogens with one attached hydrogen (secondary N) is 3. The van der Waals surface area contributed by atoms with Crippen LogP contribution in [0.5, 0.6) is 0 Å². The van der Waals surface area contributed by atoms with Crippen LogP contribution >= 0.6 is 0 Å². The minimum absolute atomic E-state index is 0.00216. The lowest BCUT2D eigenvalue weighted by Crippen LogP contribution is -2.52. The number of esters is 1. The number of hydrogen-bond acceptors (Lipinski definition) is 8. The lowest BCUT2D eigenvalue weighted by atomic mass is 9.92. The Morgan fingerprint density at radius 2 is 1.79 bits per heavy atom. The van der Waals surface area contributed by atoms with E-state index in [1.807, 2.05) is 18.2 Å². The van der Waals surface area contributed by atoms with Gasteiger partial charge in [0.25, 0.3) is 0 Å². The van der Waals surface area contributed by atoms with Crippen molar-refractivity contribution < 1.29 is 33.4 Å². The maximum Gasteiger partial charge on any atom is 0.408 e. The van der Waals surface area contributed by atoms with E-state index in [1.54, 1.807) is 17.0 Å². The monoisotopic (exact) mass is 544 g/mol. The summed E-state index contributed by atoms with van der Waals surface area (Å²) in [5, 5.41) is 8.45. The molecule has 3 rings (SSSR count). The Labute approximate surface area is 229 Å². The number of ketones is 1. The lowest BCUT2D eigenvalue weighted by Gasteiger charge is -2.33. The Morgan fingerprint density at radius 3 is 2.51 bits per heavy atom. The maximum absolute atomic E-state index is 13.0. The highest BCUT2D eigenvalue weighted by atomic mass is 16.6. The number of benzene rings is 1. The van der Waals surface area contributed by atoms with Crippen LogP contribution in [0.3, 0.4) is 0 Å². The summed E-state index contributed by atoms with van der Waals surface area (Å²) in [6, 6.07) is 7.79. The van der Waals surface area contributed by atoms with Crippen LogP contribution in [0.25, 0.3) is 0 Å². The summed E-state index contributed by atoms with van der Waals surface area (Å²) in [6.45, 7) is 3.52. The van der Waals surface area contributed by atoms with Crippen molar-refractivity contribution in [2.45, 2.75) is 58.1 Å². The van der Waals surface area contributed by atoms with Crippen molar-refractivity contribution in [2.24, 2.45) is 11.8 Å². The van der Waals surface area contributed by atoms with Gasteiger partial charge in [-0.15, -0.1) is 0 Å². The molecular weight excluding hydrogens is 504 g/mol. The number of amides is 3. The van der Waals surface area contributed by atoms with Gasteiger partial charge in [-0.05, 0) is 63.6 Å². The van der Waals surface area contributed by atoms with Crippen molar-refractivity contribution in [3.8, 4) is 0 Å². The van der Waals surface area contributed by atoms with Crippen molar-refractivity contribution in [3.05, 3.63) is 35.9 Å². The molecule has 2 fully saturated rings. The SMILES string of the molecule is CC(=O)COC(=O)[C@@H](CNC(=O)[C@@H]1CCCN(C(=O)CCC2CCNCC2)C1)NC(=O)OCc1ccccc1. The molecule has 1 aromatic rings. The first-order chi connectivity index (χ1) is 18.8. The molecule has 1 aromatic carbocycles. The predicted octanol–water partition coefficient (Wildman–Crippen LogP) is 1.55. The van der Waals surface area contributed by atoms with Gasteiger partial charge in [-0.3, -0.25) is 14.4 Å². The van der Waals surface area contributed by atoms with Gasteiger partial charge >= 0.3 is 12.1 Å². The van der Waals surface area contributed by atoms with Gasteiger partial charge in [0.05, 0.1) is 5.92 Å². The van der Waals surface area contributed by atoms with E-state index in [0.29, 0.717) is 38.3 Å². The third kappa shape index (κ3) is 10.7. The van der Waals surface area contributed by atoms with Crippen molar-refractivity contribution in [3.63, 3.8) is 0 Å². The van der Waals surface area contributed by atoms with Gasteiger partial charge in [0.2, 0.25) is 11.8 Å². The summed E-state index contributed by atoms with van der Waals surface area (Å²) >= 11 is 0. The number of carbonyl (C=O) groups is 5. The predicted molar refractivity (Wildman–Crippen MR) is 142 cm³/mol. The summed E-state index contributed by atoms with van der Waals surface area (Å²) in [4.78, 5) is 63.6. The molecule has 2 aliphatic rings. The Bertz CT molecular complexity index is 981. The highest BCUT2D eigenvalue weighted by Crippen LogP contribution is 2.21. The largest absolute Gasteiger partial charge is 0.456 e. The summed E-state index contributed by atoms with van der Waals surface area (Å²) in [7, 11) is 0. The summed E-state index contributed by atoms with van der Waals surface area (Å²) in [5.41, 5.74) is 0.767. The van der Waals surface area contributed by atoms with Crippen LogP contribution in [0.2, 0.25) is 0 Å². The van der Waals surface area contributed by atoms with E-state index >= 15 is 0 Å². The highest BCUT2D eigenvalue weighted by molar-refractivity contribution is 5.86. The smallest absolute Gasteiger partial charge is 0.408 e. The van der Waals surface area contributed by atoms with E-state index < -0.39 is 30.6 Å². The quantitative estimate of drug-likeness (QED) is 0.337. The molecule has 0 radical (unpaired) electrons. The first kappa shape index (κ1) is 30.1. The number of likely N-dealkylation sites (tertiary alicyclic amines) is 1. The van der Waals surface area contributed by atoms with Gasteiger partial charge < -0.3 is 30.3 Å². The van der Waals surface area contributed by atoms with Crippen LogP contribution in [0.15, 0.2) is 30.3 Å². The molecule has 214 valence electrons. The second-order valence-corrected chi connectivity index (χ2v) is 10.2.